The van der Waals surface area contributed by atoms with Crippen LogP contribution in [0.1, 0.15) is 0 Å². The molecule has 0 radical (unpaired) electrons. The Bertz CT molecular complexity index is 2830. The van der Waals surface area contributed by atoms with Crippen LogP contribution in [0.3, 0.4) is 0 Å². The molecule has 3 nitrogen and oxygen atoms in total. The predicted molar refractivity (Wildman–Crippen MR) is 204 cm³/mol. The van der Waals surface area contributed by atoms with Crippen molar-refractivity contribution in [1.82, 2.24) is 0 Å². The van der Waals surface area contributed by atoms with Gasteiger partial charge in [-0.25, -0.2) is 0 Å². The molecule has 8 aromatic carbocycles. The molecule has 0 bridgehead atoms. The summed E-state index contributed by atoms with van der Waals surface area (Å²) in [4.78, 5) is 2.31. The van der Waals surface area contributed by atoms with Crippen molar-refractivity contribution in [3.8, 4) is 22.3 Å². The van der Waals surface area contributed by atoms with Crippen molar-refractivity contribution >= 4 is 71.7 Å². The Morgan fingerprint density at radius 2 is 1.02 bits per heavy atom. The van der Waals surface area contributed by atoms with E-state index in [9.17, 15) is 0 Å². The van der Waals surface area contributed by atoms with Crippen molar-refractivity contribution in [2.24, 2.45) is 0 Å². The molecule has 0 fully saturated rings. The Hall–Kier alpha value is -6.58. The van der Waals surface area contributed by atoms with Crippen LogP contribution in [0.4, 0.5) is 17.1 Å². The zero-order valence-electron chi connectivity index (χ0n) is 26.5. The topological polar surface area (TPSA) is 29.5 Å². The lowest BCUT2D eigenvalue weighted by molar-refractivity contribution is 0.669. The van der Waals surface area contributed by atoms with Gasteiger partial charge < -0.3 is 13.7 Å². The zero-order chi connectivity index (χ0) is 32.3. The summed E-state index contributed by atoms with van der Waals surface area (Å²) in [6.45, 7) is 0. The summed E-state index contributed by atoms with van der Waals surface area (Å²) in [5, 5.41) is 6.82. The van der Waals surface area contributed by atoms with Crippen LogP contribution >= 0.6 is 0 Å². The van der Waals surface area contributed by atoms with E-state index in [1.807, 2.05) is 12.1 Å². The summed E-state index contributed by atoms with van der Waals surface area (Å²) in [7, 11) is 0. The molecule has 230 valence electrons. The number of para-hydroxylation sites is 1. The molecule has 2 heterocycles. The van der Waals surface area contributed by atoms with Gasteiger partial charge in [-0.05, 0) is 82.2 Å². The van der Waals surface area contributed by atoms with E-state index in [0.29, 0.717) is 0 Å². The van der Waals surface area contributed by atoms with Crippen molar-refractivity contribution in [2.45, 2.75) is 0 Å². The van der Waals surface area contributed by atoms with Crippen LogP contribution in [0.2, 0.25) is 0 Å². The molecular weight excluding hydrogens is 599 g/mol. The lowest BCUT2D eigenvalue weighted by Gasteiger charge is -2.26. The smallest absolute Gasteiger partial charge is 0.143 e. The van der Waals surface area contributed by atoms with E-state index < -0.39 is 0 Å². The van der Waals surface area contributed by atoms with E-state index in [-0.39, 0.29) is 0 Å². The first-order valence-electron chi connectivity index (χ1n) is 16.6. The first-order chi connectivity index (χ1) is 24.3. The van der Waals surface area contributed by atoms with Gasteiger partial charge in [-0.15, -0.1) is 0 Å². The van der Waals surface area contributed by atoms with Gasteiger partial charge in [0.1, 0.15) is 22.3 Å². The third-order valence-corrected chi connectivity index (χ3v) is 9.66. The number of benzene rings is 8. The predicted octanol–water partition coefficient (Wildman–Crippen LogP) is 13.4. The molecule has 2 aromatic heterocycles. The van der Waals surface area contributed by atoms with Crippen LogP contribution in [0.15, 0.2) is 185 Å². The highest BCUT2D eigenvalue weighted by molar-refractivity contribution is 6.19. The van der Waals surface area contributed by atoms with Crippen molar-refractivity contribution in [2.75, 3.05) is 4.90 Å². The van der Waals surface area contributed by atoms with Gasteiger partial charge in [0.25, 0.3) is 0 Å². The van der Waals surface area contributed by atoms with Crippen LogP contribution in [0.25, 0.3) is 76.9 Å². The Morgan fingerprint density at radius 1 is 0.347 bits per heavy atom. The Kier molecular flexibility index (Phi) is 6.18. The molecule has 0 saturated carbocycles. The second-order valence-electron chi connectivity index (χ2n) is 12.5. The molecule has 0 unspecified atom stereocenters. The van der Waals surface area contributed by atoms with Crippen LogP contribution < -0.4 is 4.90 Å². The molecule has 0 spiro atoms. The fraction of sp³-hybridized carbons (Fsp3) is 0. The van der Waals surface area contributed by atoms with Gasteiger partial charge in [0.2, 0.25) is 0 Å². The third-order valence-electron chi connectivity index (χ3n) is 9.66. The first kappa shape index (κ1) is 27.5. The molecule has 10 aromatic rings. The largest absolute Gasteiger partial charge is 0.456 e. The highest BCUT2D eigenvalue weighted by Gasteiger charge is 2.18. The fourth-order valence-corrected chi connectivity index (χ4v) is 7.34. The molecule has 0 atom stereocenters. The van der Waals surface area contributed by atoms with Crippen LogP contribution in [-0.4, -0.2) is 0 Å². The van der Waals surface area contributed by atoms with E-state index in [0.717, 1.165) is 83.0 Å². The van der Waals surface area contributed by atoms with Gasteiger partial charge in [0.15, 0.2) is 0 Å². The molecule has 0 aliphatic carbocycles. The molecule has 49 heavy (non-hydrogen) atoms. The minimum atomic E-state index is 0.866. The van der Waals surface area contributed by atoms with Crippen LogP contribution in [0, 0.1) is 0 Å². The van der Waals surface area contributed by atoms with Gasteiger partial charge in [-0.1, -0.05) is 115 Å². The molecule has 0 aliphatic rings. The molecule has 0 saturated heterocycles. The minimum Gasteiger partial charge on any atom is -0.456 e. The Balaban J connectivity index is 1.12. The first-order valence-corrected chi connectivity index (χ1v) is 16.6. The SMILES string of the molecule is c1ccc(-c2cccc(N(c3ccc(-c4cccc5oc6c7ccccc7ccc6c45)cc3)c3ccc4c(c3)oc3ccccc34)c2)cc1. The molecule has 0 amide bonds. The van der Waals surface area contributed by atoms with E-state index in [2.05, 4.69) is 169 Å². The van der Waals surface area contributed by atoms with E-state index in [1.165, 1.54) is 10.9 Å². The lowest BCUT2D eigenvalue weighted by Crippen LogP contribution is -2.10. The van der Waals surface area contributed by atoms with Gasteiger partial charge in [-0.3, -0.25) is 0 Å². The maximum absolute atomic E-state index is 6.49. The van der Waals surface area contributed by atoms with E-state index in [1.54, 1.807) is 0 Å². The Labute approximate surface area is 282 Å². The molecule has 0 aliphatic heterocycles. The molecular formula is C46H29NO2. The monoisotopic (exact) mass is 627 g/mol. The van der Waals surface area contributed by atoms with Gasteiger partial charge >= 0.3 is 0 Å². The van der Waals surface area contributed by atoms with E-state index >= 15 is 0 Å². The number of anilines is 3. The van der Waals surface area contributed by atoms with Crippen molar-refractivity contribution in [3.05, 3.63) is 176 Å². The highest BCUT2D eigenvalue weighted by atomic mass is 16.3. The van der Waals surface area contributed by atoms with Crippen molar-refractivity contribution < 1.29 is 8.83 Å². The van der Waals surface area contributed by atoms with Crippen molar-refractivity contribution in [1.29, 1.82) is 0 Å². The van der Waals surface area contributed by atoms with E-state index in [4.69, 9.17) is 8.83 Å². The summed E-state index contributed by atoms with van der Waals surface area (Å²) in [6.07, 6.45) is 0. The average Bonchev–Trinajstić information content (AvgIpc) is 3.74. The molecule has 10 rings (SSSR count). The average molecular weight is 628 g/mol. The third kappa shape index (κ3) is 4.51. The standard InChI is InChI=1S/C46H29NO2/c1-2-10-30(11-3-1)33-13-8-14-35(28-33)47(36-25-27-40-39-16-6-7-18-42(39)48-44(40)29-36)34-23-20-32(21-24-34)37-17-9-19-43-45(37)41-26-22-31-12-4-5-15-38(31)46(41)49-43/h1-29H. The fourth-order valence-electron chi connectivity index (χ4n) is 7.34. The highest BCUT2D eigenvalue weighted by Crippen LogP contribution is 2.42. The Morgan fingerprint density at radius 3 is 1.92 bits per heavy atom. The van der Waals surface area contributed by atoms with Crippen molar-refractivity contribution in [3.63, 3.8) is 0 Å². The summed E-state index contributed by atoms with van der Waals surface area (Å²) in [5.74, 6) is 0. The van der Waals surface area contributed by atoms with Crippen LogP contribution in [-0.2, 0) is 0 Å². The number of furan rings is 2. The minimum absolute atomic E-state index is 0.866. The summed E-state index contributed by atoms with van der Waals surface area (Å²) >= 11 is 0. The molecule has 3 heteroatoms. The summed E-state index contributed by atoms with van der Waals surface area (Å²) in [6, 6.07) is 62.0. The molecule has 0 N–H and O–H groups in total. The summed E-state index contributed by atoms with van der Waals surface area (Å²) in [5.41, 5.74) is 11.4. The van der Waals surface area contributed by atoms with Crippen LogP contribution in [0.5, 0.6) is 0 Å². The van der Waals surface area contributed by atoms with Gasteiger partial charge in [-0.2, -0.15) is 0 Å². The normalized spacial score (nSPS) is 11.7. The second kappa shape index (κ2) is 11.0. The summed E-state index contributed by atoms with van der Waals surface area (Å²) < 4.78 is 12.8. The maximum Gasteiger partial charge on any atom is 0.143 e. The second-order valence-corrected chi connectivity index (χ2v) is 12.5. The lowest BCUT2D eigenvalue weighted by atomic mass is 9.98. The van der Waals surface area contributed by atoms with Gasteiger partial charge in [0, 0.05) is 50.1 Å². The number of fused-ring (bicyclic) bond motifs is 8. The number of nitrogens with zero attached hydrogens (tertiary/aromatic N) is 1. The zero-order valence-corrected chi connectivity index (χ0v) is 26.5. The number of rotatable bonds is 5. The number of hydrogen-bond donors (Lipinski definition) is 0. The van der Waals surface area contributed by atoms with Gasteiger partial charge in [0.05, 0.1) is 0 Å². The number of hydrogen-bond acceptors (Lipinski definition) is 3. The quantitative estimate of drug-likeness (QED) is 0.190. The maximum atomic E-state index is 6.49.